The van der Waals surface area contributed by atoms with E-state index in [0.29, 0.717) is 19.3 Å². The Kier molecular flexibility index (Phi) is 65.6. The quantitative estimate of drug-likeness (QED) is 0.0261. The number of hydrogen-bond donors (Lipinski definition) is 0. The summed E-state index contributed by atoms with van der Waals surface area (Å²) in [5, 5.41) is 0. The van der Waals surface area contributed by atoms with Gasteiger partial charge >= 0.3 is 17.9 Å². The molecule has 0 aliphatic rings. The first-order chi connectivity index (χ1) is 39.0. The fourth-order valence-electron chi connectivity index (χ4n) is 10.6. The maximum Gasteiger partial charge on any atom is 0.306 e. The van der Waals surface area contributed by atoms with Gasteiger partial charge in [-0.2, -0.15) is 0 Å². The molecule has 462 valence electrons. The van der Waals surface area contributed by atoms with Gasteiger partial charge in [0.25, 0.3) is 0 Å². The molecule has 0 aromatic carbocycles. The zero-order chi connectivity index (χ0) is 57.1. The van der Waals surface area contributed by atoms with Gasteiger partial charge in [0.05, 0.1) is 0 Å². The van der Waals surface area contributed by atoms with Crippen molar-refractivity contribution in [1.82, 2.24) is 0 Å². The molecule has 0 aliphatic carbocycles. The van der Waals surface area contributed by atoms with Crippen molar-refractivity contribution in [3.63, 3.8) is 0 Å². The van der Waals surface area contributed by atoms with Crippen LogP contribution in [0.5, 0.6) is 0 Å². The second-order valence-corrected chi connectivity index (χ2v) is 23.8. The van der Waals surface area contributed by atoms with Gasteiger partial charge in [-0.3, -0.25) is 14.4 Å². The monoisotopic (exact) mass is 1110 g/mol. The molecular weight excluding hydrogens is 973 g/mol. The largest absolute Gasteiger partial charge is 0.462 e. The highest BCUT2D eigenvalue weighted by atomic mass is 16.6. The van der Waals surface area contributed by atoms with Crippen molar-refractivity contribution < 1.29 is 28.6 Å². The molecule has 0 saturated heterocycles. The van der Waals surface area contributed by atoms with Gasteiger partial charge in [0.2, 0.25) is 0 Å². The van der Waals surface area contributed by atoms with Gasteiger partial charge in [0, 0.05) is 19.3 Å². The molecule has 6 heteroatoms. The molecule has 0 fully saturated rings. The van der Waals surface area contributed by atoms with Crippen molar-refractivity contribution in [2.75, 3.05) is 13.2 Å². The smallest absolute Gasteiger partial charge is 0.306 e. The summed E-state index contributed by atoms with van der Waals surface area (Å²) < 4.78 is 17.0. The fourth-order valence-corrected chi connectivity index (χ4v) is 10.6. The molecule has 1 atom stereocenters. The molecule has 0 aromatic heterocycles. The number of ether oxygens (including phenoxy) is 3. The zero-order valence-electron chi connectivity index (χ0n) is 53.2. The van der Waals surface area contributed by atoms with Crippen molar-refractivity contribution in [2.24, 2.45) is 0 Å². The van der Waals surface area contributed by atoms with Crippen LogP contribution in [0.4, 0.5) is 0 Å². The predicted octanol–water partition coefficient (Wildman–Crippen LogP) is 24.1. The minimum Gasteiger partial charge on any atom is -0.462 e. The molecule has 0 saturated carbocycles. The summed E-state index contributed by atoms with van der Waals surface area (Å²) in [6, 6.07) is 0. The van der Waals surface area contributed by atoms with E-state index in [1.165, 1.54) is 250 Å². The Balaban J connectivity index is 4.33. The first kappa shape index (κ1) is 76.4. The highest BCUT2D eigenvalue weighted by Crippen LogP contribution is 2.19. The summed E-state index contributed by atoms with van der Waals surface area (Å²) in [5.74, 6) is -0.857. The summed E-state index contributed by atoms with van der Waals surface area (Å²) in [4.78, 5) is 38.5. The van der Waals surface area contributed by atoms with E-state index in [4.69, 9.17) is 14.2 Å². The number of carbonyl (C=O) groups is 3. The average molecular weight is 1110 g/mol. The van der Waals surface area contributed by atoms with E-state index in [1.54, 1.807) is 0 Å². The Morgan fingerprint density at radius 3 is 0.772 bits per heavy atom. The number of rotatable bonds is 65. The molecule has 0 heterocycles. The van der Waals surface area contributed by atoms with Crippen LogP contribution in [0.15, 0.2) is 48.6 Å². The van der Waals surface area contributed by atoms with Crippen molar-refractivity contribution in [3.05, 3.63) is 48.6 Å². The normalized spacial score (nSPS) is 12.3. The predicted molar refractivity (Wildman–Crippen MR) is 344 cm³/mol. The standard InChI is InChI=1S/C73H134O6/c1-4-7-10-13-16-19-22-25-28-31-34-36-37-40-42-45-48-51-54-57-60-63-66-72(75)78-69-70(68-77-71(74)65-62-59-56-53-50-47-44-41-38-33-30-27-24-21-18-15-12-9-6-3)79-73(76)67-64-61-58-55-52-49-46-43-39-35-32-29-26-23-20-17-14-11-8-5-2/h9,12,18,21,27,30,38,41,70H,4-8,10-11,13-17,19-20,22-26,28-29,31-37,39-40,42-69H2,1-3H3/b12-9-,21-18-,30-27-,41-38-. The number of carbonyl (C=O) groups excluding carboxylic acids is 3. The highest BCUT2D eigenvalue weighted by Gasteiger charge is 2.19. The van der Waals surface area contributed by atoms with Crippen LogP contribution in [0.2, 0.25) is 0 Å². The molecule has 1 unspecified atom stereocenters. The fraction of sp³-hybridized carbons (Fsp3) is 0.849. The van der Waals surface area contributed by atoms with Crippen LogP contribution in [0.1, 0.15) is 380 Å². The highest BCUT2D eigenvalue weighted by molar-refractivity contribution is 5.71. The van der Waals surface area contributed by atoms with E-state index in [-0.39, 0.29) is 31.1 Å². The number of hydrogen-bond acceptors (Lipinski definition) is 6. The van der Waals surface area contributed by atoms with Crippen LogP contribution in [0.3, 0.4) is 0 Å². The van der Waals surface area contributed by atoms with Crippen molar-refractivity contribution in [1.29, 1.82) is 0 Å². The van der Waals surface area contributed by atoms with E-state index in [2.05, 4.69) is 69.4 Å². The molecule has 6 nitrogen and oxygen atoms in total. The van der Waals surface area contributed by atoms with E-state index in [0.717, 1.165) is 89.9 Å². The number of allylic oxidation sites excluding steroid dienone is 8. The molecule has 0 aromatic rings. The minimum absolute atomic E-state index is 0.0721. The lowest BCUT2D eigenvalue weighted by molar-refractivity contribution is -0.167. The maximum atomic E-state index is 13.0. The van der Waals surface area contributed by atoms with E-state index >= 15 is 0 Å². The van der Waals surface area contributed by atoms with Gasteiger partial charge in [-0.25, -0.2) is 0 Å². The summed E-state index contributed by atoms with van der Waals surface area (Å²) in [7, 11) is 0. The van der Waals surface area contributed by atoms with Gasteiger partial charge < -0.3 is 14.2 Å². The number of esters is 3. The van der Waals surface area contributed by atoms with Gasteiger partial charge in [0.15, 0.2) is 6.10 Å². The van der Waals surface area contributed by atoms with Crippen LogP contribution in [-0.2, 0) is 28.6 Å². The van der Waals surface area contributed by atoms with Crippen LogP contribution in [0, 0.1) is 0 Å². The third-order valence-electron chi connectivity index (χ3n) is 15.8. The molecule has 0 bridgehead atoms. The Bertz CT molecular complexity index is 1360. The molecule has 0 N–H and O–H groups in total. The molecule has 0 spiro atoms. The Labute approximate surface area is 492 Å². The summed E-state index contributed by atoms with van der Waals surface area (Å²) >= 11 is 0. The van der Waals surface area contributed by atoms with Crippen LogP contribution in [0.25, 0.3) is 0 Å². The van der Waals surface area contributed by atoms with E-state index in [1.807, 2.05) is 0 Å². The molecule has 0 aliphatic heterocycles. The van der Waals surface area contributed by atoms with Crippen LogP contribution >= 0.6 is 0 Å². The van der Waals surface area contributed by atoms with Crippen molar-refractivity contribution >= 4 is 17.9 Å². The summed E-state index contributed by atoms with van der Waals surface area (Å²) in [5.41, 5.74) is 0. The molecule has 0 amide bonds. The van der Waals surface area contributed by atoms with Crippen molar-refractivity contribution in [3.8, 4) is 0 Å². The van der Waals surface area contributed by atoms with Gasteiger partial charge in [-0.1, -0.05) is 352 Å². The third-order valence-corrected chi connectivity index (χ3v) is 15.8. The minimum atomic E-state index is -0.778. The first-order valence-electron chi connectivity index (χ1n) is 35.1. The maximum absolute atomic E-state index is 13.0. The van der Waals surface area contributed by atoms with Gasteiger partial charge in [-0.15, -0.1) is 0 Å². The zero-order valence-corrected chi connectivity index (χ0v) is 53.2. The second kappa shape index (κ2) is 67.9. The van der Waals surface area contributed by atoms with Gasteiger partial charge in [-0.05, 0) is 57.8 Å². The lowest BCUT2D eigenvalue weighted by Gasteiger charge is -2.18. The third kappa shape index (κ3) is 66.1. The first-order valence-corrected chi connectivity index (χ1v) is 35.1. The summed E-state index contributed by atoms with van der Waals surface area (Å²) in [6.45, 7) is 6.60. The second-order valence-electron chi connectivity index (χ2n) is 23.8. The average Bonchev–Trinajstić information content (AvgIpc) is 3.45. The van der Waals surface area contributed by atoms with Gasteiger partial charge in [0.1, 0.15) is 13.2 Å². The molecule has 0 rings (SSSR count). The molecular formula is C73H134O6. The van der Waals surface area contributed by atoms with Crippen LogP contribution in [-0.4, -0.2) is 37.2 Å². The molecule has 0 radical (unpaired) electrons. The Morgan fingerprint density at radius 2 is 0.494 bits per heavy atom. The topological polar surface area (TPSA) is 78.9 Å². The lowest BCUT2D eigenvalue weighted by Crippen LogP contribution is -2.30. The lowest BCUT2D eigenvalue weighted by atomic mass is 10.0. The van der Waals surface area contributed by atoms with Crippen molar-refractivity contribution in [2.45, 2.75) is 386 Å². The van der Waals surface area contributed by atoms with Crippen LogP contribution < -0.4 is 0 Å². The summed E-state index contributed by atoms with van der Waals surface area (Å²) in [6.07, 6.45) is 85.6. The molecule has 79 heavy (non-hydrogen) atoms. The van der Waals surface area contributed by atoms with E-state index < -0.39 is 6.10 Å². The number of unbranched alkanes of at least 4 members (excludes halogenated alkanes) is 46. The Hall–Kier alpha value is -2.63. The SMILES string of the molecule is CC/C=C\C/C=C\C/C=C\C/C=C\CCCCCCCCC(=O)OCC(COC(=O)CCCCCCCCCCCCCCCCCCCCCCCC)OC(=O)CCCCCCCCCCCCCCCCCCCCCC. The van der Waals surface area contributed by atoms with E-state index in [9.17, 15) is 14.4 Å². The Morgan fingerprint density at radius 1 is 0.266 bits per heavy atom.